The molecule has 0 atom stereocenters. The van der Waals surface area contributed by atoms with Crippen molar-refractivity contribution in [3.8, 4) is 0 Å². The van der Waals surface area contributed by atoms with Crippen molar-refractivity contribution in [1.29, 1.82) is 0 Å². The maximum Gasteiger partial charge on any atom is 0.160 e. The fraction of sp³-hybridized carbons (Fsp3) is 1.00. The fourth-order valence-corrected chi connectivity index (χ4v) is 2.33. The lowest BCUT2D eigenvalue weighted by Gasteiger charge is -2.28. The van der Waals surface area contributed by atoms with E-state index in [1.807, 2.05) is 0 Å². The molecule has 0 aromatic heterocycles. The average molecular weight is 184 g/mol. The van der Waals surface area contributed by atoms with Crippen LogP contribution in [-0.2, 0) is 9.47 Å². The van der Waals surface area contributed by atoms with E-state index in [0.717, 1.165) is 13.2 Å². The Bertz CT molecular complexity index is 133. The van der Waals surface area contributed by atoms with Crippen molar-refractivity contribution >= 4 is 0 Å². The number of hydrogen-bond donors (Lipinski definition) is 0. The summed E-state index contributed by atoms with van der Waals surface area (Å²) in [6.45, 7) is 1.81. The van der Waals surface area contributed by atoms with E-state index in [2.05, 4.69) is 0 Å². The first-order chi connectivity index (χ1) is 6.47. The summed E-state index contributed by atoms with van der Waals surface area (Å²) in [5.41, 5.74) is 0. The largest absolute Gasteiger partial charge is 0.352 e. The van der Waals surface area contributed by atoms with E-state index in [1.54, 1.807) is 0 Å². The maximum absolute atomic E-state index is 5.72. The van der Waals surface area contributed by atoms with Crippen LogP contribution in [0.3, 0.4) is 0 Å². The molecule has 76 valence electrons. The van der Waals surface area contributed by atoms with Crippen LogP contribution in [0, 0.1) is 5.92 Å². The van der Waals surface area contributed by atoms with Gasteiger partial charge in [0.15, 0.2) is 6.29 Å². The van der Waals surface area contributed by atoms with Crippen LogP contribution < -0.4 is 0 Å². The minimum atomic E-state index is 0.128. The van der Waals surface area contributed by atoms with Crippen LogP contribution in [0.5, 0.6) is 0 Å². The predicted molar refractivity (Wildman–Crippen MR) is 51.5 cm³/mol. The Morgan fingerprint density at radius 2 is 1.31 bits per heavy atom. The Kier molecular flexibility index (Phi) is 3.62. The van der Waals surface area contributed by atoms with Crippen LogP contribution in [0.15, 0.2) is 0 Å². The summed E-state index contributed by atoms with van der Waals surface area (Å²) in [4.78, 5) is 0. The highest BCUT2D eigenvalue weighted by atomic mass is 16.7. The van der Waals surface area contributed by atoms with E-state index in [-0.39, 0.29) is 6.29 Å². The fourth-order valence-electron chi connectivity index (χ4n) is 2.33. The summed E-state index contributed by atoms with van der Waals surface area (Å²) < 4.78 is 11.4. The average Bonchev–Trinajstić information content (AvgIpc) is 2.47. The van der Waals surface area contributed by atoms with Crippen molar-refractivity contribution < 1.29 is 9.47 Å². The molecule has 1 saturated carbocycles. The standard InChI is InChI=1S/C11H20O2/c1-2-6-10(7-3-1)11-12-8-4-5-9-13-11/h10-11H,1-9H2. The van der Waals surface area contributed by atoms with E-state index in [0.29, 0.717) is 5.92 Å². The van der Waals surface area contributed by atoms with Crippen molar-refractivity contribution in [1.82, 2.24) is 0 Å². The van der Waals surface area contributed by atoms with Gasteiger partial charge >= 0.3 is 0 Å². The molecule has 1 aliphatic heterocycles. The van der Waals surface area contributed by atoms with Gasteiger partial charge < -0.3 is 9.47 Å². The summed E-state index contributed by atoms with van der Waals surface area (Å²) in [7, 11) is 0. The van der Waals surface area contributed by atoms with Gasteiger partial charge in [-0.05, 0) is 25.7 Å². The molecule has 0 unspecified atom stereocenters. The molecule has 1 heterocycles. The minimum absolute atomic E-state index is 0.128. The Morgan fingerprint density at radius 3 is 1.92 bits per heavy atom. The SMILES string of the molecule is C1CCC(C2OCCCCO2)CC1. The molecule has 2 heteroatoms. The highest BCUT2D eigenvalue weighted by molar-refractivity contribution is 4.70. The van der Waals surface area contributed by atoms with Gasteiger partial charge in [0.1, 0.15) is 0 Å². The van der Waals surface area contributed by atoms with Crippen LogP contribution >= 0.6 is 0 Å². The Hall–Kier alpha value is -0.0800. The zero-order chi connectivity index (χ0) is 8.93. The van der Waals surface area contributed by atoms with Gasteiger partial charge in [-0.1, -0.05) is 19.3 Å². The van der Waals surface area contributed by atoms with Gasteiger partial charge in [-0.2, -0.15) is 0 Å². The molecule has 0 spiro atoms. The molecule has 13 heavy (non-hydrogen) atoms. The lowest BCUT2D eigenvalue weighted by molar-refractivity contribution is -0.163. The molecule has 0 amide bonds. The molecule has 2 aliphatic rings. The minimum Gasteiger partial charge on any atom is -0.352 e. The van der Waals surface area contributed by atoms with Crippen LogP contribution in [0.1, 0.15) is 44.9 Å². The first kappa shape index (κ1) is 9.47. The van der Waals surface area contributed by atoms with Crippen molar-refractivity contribution in [2.24, 2.45) is 5.92 Å². The predicted octanol–water partition coefficient (Wildman–Crippen LogP) is 2.72. The Balaban J connectivity index is 1.82. The van der Waals surface area contributed by atoms with Gasteiger partial charge in [0.2, 0.25) is 0 Å². The second-order valence-electron chi connectivity index (χ2n) is 4.22. The van der Waals surface area contributed by atoms with E-state index >= 15 is 0 Å². The molecule has 2 nitrogen and oxygen atoms in total. The molecule has 0 N–H and O–H groups in total. The van der Waals surface area contributed by atoms with Gasteiger partial charge in [0.05, 0.1) is 0 Å². The first-order valence-corrected chi connectivity index (χ1v) is 5.70. The summed E-state index contributed by atoms with van der Waals surface area (Å²) in [6, 6.07) is 0. The van der Waals surface area contributed by atoms with Crippen molar-refractivity contribution in [2.45, 2.75) is 51.2 Å². The second-order valence-corrected chi connectivity index (χ2v) is 4.22. The van der Waals surface area contributed by atoms with Gasteiger partial charge in [0, 0.05) is 19.1 Å². The summed E-state index contributed by atoms with van der Waals surface area (Å²) in [6.07, 6.45) is 9.23. The third-order valence-electron chi connectivity index (χ3n) is 3.14. The molecular formula is C11H20O2. The molecule has 0 bridgehead atoms. The molecule has 1 aliphatic carbocycles. The highest BCUT2D eigenvalue weighted by Gasteiger charge is 2.25. The van der Waals surface area contributed by atoms with Gasteiger partial charge in [-0.3, -0.25) is 0 Å². The summed E-state index contributed by atoms with van der Waals surface area (Å²) in [5, 5.41) is 0. The van der Waals surface area contributed by atoms with Crippen molar-refractivity contribution in [2.75, 3.05) is 13.2 Å². The molecule has 0 aromatic rings. The van der Waals surface area contributed by atoms with Gasteiger partial charge in [0.25, 0.3) is 0 Å². The van der Waals surface area contributed by atoms with Gasteiger partial charge in [-0.15, -0.1) is 0 Å². The van der Waals surface area contributed by atoms with Crippen LogP contribution in [-0.4, -0.2) is 19.5 Å². The molecule has 2 fully saturated rings. The third-order valence-corrected chi connectivity index (χ3v) is 3.14. The smallest absolute Gasteiger partial charge is 0.160 e. The second kappa shape index (κ2) is 4.97. The zero-order valence-corrected chi connectivity index (χ0v) is 8.34. The van der Waals surface area contributed by atoms with Crippen molar-refractivity contribution in [3.63, 3.8) is 0 Å². The van der Waals surface area contributed by atoms with Crippen LogP contribution in [0.4, 0.5) is 0 Å². The molecule has 1 saturated heterocycles. The number of hydrogen-bond acceptors (Lipinski definition) is 2. The van der Waals surface area contributed by atoms with E-state index in [4.69, 9.17) is 9.47 Å². The monoisotopic (exact) mass is 184 g/mol. The Morgan fingerprint density at radius 1 is 0.692 bits per heavy atom. The molecule has 0 aromatic carbocycles. The Labute approximate surface area is 80.6 Å². The van der Waals surface area contributed by atoms with Crippen molar-refractivity contribution in [3.05, 3.63) is 0 Å². The van der Waals surface area contributed by atoms with Crippen LogP contribution in [0.2, 0.25) is 0 Å². The maximum atomic E-state index is 5.72. The first-order valence-electron chi connectivity index (χ1n) is 5.70. The highest BCUT2D eigenvalue weighted by Crippen LogP contribution is 2.29. The molecule has 2 rings (SSSR count). The molecular weight excluding hydrogens is 164 g/mol. The van der Waals surface area contributed by atoms with Crippen LogP contribution in [0.25, 0.3) is 0 Å². The third kappa shape index (κ3) is 2.68. The number of ether oxygens (including phenoxy) is 2. The van der Waals surface area contributed by atoms with E-state index in [1.165, 1.54) is 44.9 Å². The number of rotatable bonds is 1. The van der Waals surface area contributed by atoms with E-state index in [9.17, 15) is 0 Å². The quantitative estimate of drug-likeness (QED) is 0.624. The topological polar surface area (TPSA) is 18.5 Å². The lowest BCUT2D eigenvalue weighted by Crippen LogP contribution is -2.28. The normalized spacial score (nSPS) is 28.6. The van der Waals surface area contributed by atoms with E-state index < -0.39 is 0 Å². The lowest BCUT2D eigenvalue weighted by atomic mass is 9.89. The van der Waals surface area contributed by atoms with Gasteiger partial charge in [-0.25, -0.2) is 0 Å². The molecule has 0 radical (unpaired) electrons. The summed E-state index contributed by atoms with van der Waals surface area (Å²) >= 11 is 0. The summed E-state index contributed by atoms with van der Waals surface area (Å²) in [5.74, 6) is 0.687. The zero-order valence-electron chi connectivity index (χ0n) is 8.34.